The second-order valence-electron chi connectivity index (χ2n) is 6.31. The number of carbonyl (C=O) groups is 1. The Hall–Kier alpha value is -2.38. The maximum atomic E-state index is 12.5. The molecule has 0 saturated carbocycles. The summed E-state index contributed by atoms with van der Waals surface area (Å²) in [6.45, 7) is 5.56. The van der Waals surface area contributed by atoms with Crippen molar-refractivity contribution in [2.75, 3.05) is 6.54 Å². The van der Waals surface area contributed by atoms with Crippen LogP contribution in [0.5, 0.6) is 5.75 Å². The summed E-state index contributed by atoms with van der Waals surface area (Å²) in [4.78, 5) is 17.5. The Balaban J connectivity index is 1.51. The minimum absolute atomic E-state index is 0.102. The van der Waals surface area contributed by atoms with Crippen molar-refractivity contribution >= 4 is 28.8 Å². The lowest BCUT2D eigenvalue weighted by atomic mass is 10.2. The molecule has 142 valence electrons. The van der Waals surface area contributed by atoms with E-state index in [4.69, 9.17) is 16.3 Å². The predicted octanol–water partition coefficient (Wildman–Crippen LogP) is 3.95. The molecule has 3 aromatic rings. The van der Waals surface area contributed by atoms with Gasteiger partial charge < -0.3 is 10.1 Å². The number of nitrogens with zero attached hydrogens (tertiary/aromatic N) is 3. The fourth-order valence-corrected chi connectivity index (χ4v) is 3.56. The fourth-order valence-electron chi connectivity index (χ4n) is 2.54. The summed E-state index contributed by atoms with van der Waals surface area (Å²) in [5.41, 5.74) is 0.715. The lowest BCUT2D eigenvalue weighted by molar-refractivity contribution is 0.0950. The van der Waals surface area contributed by atoms with Crippen LogP contribution in [0.3, 0.4) is 0 Å². The van der Waals surface area contributed by atoms with Crippen LogP contribution in [0.1, 0.15) is 27.3 Å². The fraction of sp³-hybridized carbons (Fsp3) is 0.316. The number of nitrogens with one attached hydrogen (secondary N) is 1. The second kappa shape index (κ2) is 9.01. The van der Waals surface area contributed by atoms with Crippen molar-refractivity contribution in [1.29, 1.82) is 0 Å². The molecule has 1 amide bonds. The van der Waals surface area contributed by atoms with Crippen molar-refractivity contribution in [3.05, 3.63) is 63.3 Å². The Kier molecular flexibility index (Phi) is 6.47. The Morgan fingerprint density at radius 3 is 2.85 bits per heavy atom. The molecule has 0 aliphatic carbocycles. The van der Waals surface area contributed by atoms with E-state index in [1.54, 1.807) is 30.5 Å². The van der Waals surface area contributed by atoms with Crippen molar-refractivity contribution < 1.29 is 9.53 Å². The Labute approximate surface area is 167 Å². The van der Waals surface area contributed by atoms with Crippen LogP contribution in [0.25, 0.3) is 0 Å². The van der Waals surface area contributed by atoms with Crippen LogP contribution >= 0.6 is 22.9 Å². The first-order chi connectivity index (χ1) is 13.0. The smallest absolute Gasteiger partial charge is 0.263 e. The van der Waals surface area contributed by atoms with E-state index >= 15 is 0 Å². The molecule has 0 spiro atoms. The molecule has 3 rings (SSSR count). The van der Waals surface area contributed by atoms with E-state index in [1.807, 2.05) is 23.9 Å². The van der Waals surface area contributed by atoms with Gasteiger partial charge >= 0.3 is 0 Å². The van der Waals surface area contributed by atoms with Gasteiger partial charge in [0.15, 0.2) is 0 Å². The van der Waals surface area contributed by atoms with E-state index in [-0.39, 0.29) is 11.8 Å². The van der Waals surface area contributed by atoms with Crippen LogP contribution in [-0.2, 0) is 13.2 Å². The number of benzene rings is 1. The number of hydrogen-bond donors (Lipinski definition) is 1. The number of carbonyl (C=O) groups excluding carboxylic acids is 1. The first-order valence-corrected chi connectivity index (χ1v) is 9.81. The van der Waals surface area contributed by atoms with E-state index in [1.165, 1.54) is 11.3 Å². The number of thiazole rings is 1. The number of amides is 1. The van der Waals surface area contributed by atoms with Gasteiger partial charge in [-0.25, -0.2) is 4.98 Å². The van der Waals surface area contributed by atoms with E-state index in [0.29, 0.717) is 34.5 Å². The molecule has 27 heavy (non-hydrogen) atoms. The number of ether oxygens (including phenoxy) is 1. The zero-order valence-corrected chi connectivity index (χ0v) is 16.8. The van der Waals surface area contributed by atoms with Gasteiger partial charge in [-0.15, -0.1) is 11.3 Å². The number of hydrogen-bond acceptors (Lipinski definition) is 5. The third-order valence-electron chi connectivity index (χ3n) is 3.89. The minimum Gasteiger partial charge on any atom is -0.486 e. The third kappa shape index (κ3) is 5.55. The molecule has 0 fully saturated rings. The highest BCUT2D eigenvalue weighted by atomic mass is 35.5. The molecule has 6 nitrogen and oxygen atoms in total. The van der Waals surface area contributed by atoms with E-state index in [0.717, 1.165) is 11.6 Å². The highest BCUT2D eigenvalue weighted by molar-refractivity contribution is 7.13. The zero-order chi connectivity index (χ0) is 19.2. The molecule has 2 heterocycles. The number of aromatic nitrogens is 3. The molecule has 0 radical (unpaired) electrons. The van der Waals surface area contributed by atoms with Gasteiger partial charge in [0.25, 0.3) is 5.91 Å². The molecule has 2 aromatic heterocycles. The highest BCUT2D eigenvalue weighted by Crippen LogP contribution is 2.21. The van der Waals surface area contributed by atoms with Crippen molar-refractivity contribution in [2.24, 2.45) is 5.92 Å². The summed E-state index contributed by atoms with van der Waals surface area (Å²) >= 11 is 7.22. The predicted molar refractivity (Wildman–Crippen MR) is 106 cm³/mol. The summed E-state index contributed by atoms with van der Waals surface area (Å²) in [7, 11) is 0. The summed E-state index contributed by atoms with van der Waals surface area (Å²) < 4.78 is 7.56. The molecule has 1 atom stereocenters. The minimum atomic E-state index is -0.102. The average Bonchev–Trinajstić information content (AvgIpc) is 3.29. The highest BCUT2D eigenvalue weighted by Gasteiger charge is 2.16. The lowest BCUT2D eigenvalue weighted by Gasteiger charge is -2.12. The van der Waals surface area contributed by atoms with Gasteiger partial charge in [0.2, 0.25) is 0 Å². The average molecular weight is 405 g/mol. The third-order valence-corrected chi connectivity index (χ3v) is 5.27. The summed E-state index contributed by atoms with van der Waals surface area (Å²) in [5, 5.41) is 8.59. The lowest BCUT2D eigenvalue weighted by Crippen LogP contribution is -2.30. The molecule has 0 aliphatic heterocycles. The van der Waals surface area contributed by atoms with Gasteiger partial charge in [-0.2, -0.15) is 5.10 Å². The number of aryl methyl sites for hydroxylation is 1. The van der Waals surface area contributed by atoms with Crippen LogP contribution in [0.2, 0.25) is 5.02 Å². The van der Waals surface area contributed by atoms with Gasteiger partial charge in [0.05, 0.1) is 5.69 Å². The summed E-state index contributed by atoms with van der Waals surface area (Å²) in [6.07, 6.45) is 3.66. The first-order valence-electron chi connectivity index (χ1n) is 8.61. The zero-order valence-electron chi connectivity index (χ0n) is 15.2. The van der Waals surface area contributed by atoms with Crippen molar-refractivity contribution in [1.82, 2.24) is 20.1 Å². The van der Waals surface area contributed by atoms with Gasteiger partial charge in [-0.1, -0.05) is 18.5 Å². The van der Waals surface area contributed by atoms with Gasteiger partial charge in [0, 0.05) is 30.5 Å². The van der Waals surface area contributed by atoms with Crippen LogP contribution in [0.4, 0.5) is 0 Å². The van der Waals surface area contributed by atoms with Crippen molar-refractivity contribution in [3.8, 4) is 5.75 Å². The molecule has 1 aromatic carbocycles. The normalized spacial score (nSPS) is 12.0. The van der Waals surface area contributed by atoms with Crippen LogP contribution in [-0.4, -0.2) is 27.2 Å². The molecular weight excluding hydrogens is 384 g/mol. The monoisotopic (exact) mass is 404 g/mol. The van der Waals surface area contributed by atoms with E-state index in [2.05, 4.69) is 22.3 Å². The second-order valence-corrected chi connectivity index (χ2v) is 7.83. The molecule has 0 aliphatic rings. The maximum Gasteiger partial charge on any atom is 0.263 e. The maximum absolute atomic E-state index is 12.5. The van der Waals surface area contributed by atoms with Gasteiger partial charge in [-0.3, -0.25) is 9.48 Å². The Bertz CT molecular complexity index is 878. The largest absolute Gasteiger partial charge is 0.486 e. The van der Waals surface area contributed by atoms with Crippen LogP contribution in [0, 0.1) is 12.8 Å². The molecule has 1 unspecified atom stereocenters. The van der Waals surface area contributed by atoms with Crippen molar-refractivity contribution in [2.45, 2.75) is 27.0 Å². The molecule has 1 N–H and O–H groups in total. The molecule has 0 bridgehead atoms. The van der Waals surface area contributed by atoms with Gasteiger partial charge in [-0.05, 0) is 43.2 Å². The van der Waals surface area contributed by atoms with Crippen molar-refractivity contribution in [3.63, 3.8) is 0 Å². The topological polar surface area (TPSA) is 69.0 Å². The molecule has 0 saturated heterocycles. The quantitative estimate of drug-likeness (QED) is 0.617. The number of halogens is 1. The first kappa shape index (κ1) is 19.4. The molecular formula is C19H21ClN4O2S. The summed E-state index contributed by atoms with van der Waals surface area (Å²) in [5.74, 6) is 0.885. The van der Waals surface area contributed by atoms with Gasteiger partial charge in [0.1, 0.15) is 22.2 Å². The van der Waals surface area contributed by atoms with Crippen LogP contribution in [0.15, 0.2) is 42.7 Å². The van der Waals surface area contributed by atoms with E-state index < -0.39 is 0 Å². The number of rotatable bonds is 8. The standard InChI is InChI=1S/C19H21ClN4O2S/c1-13(11-24-9-3-8-22-24)10-21-19(25)18-14(2)23-17(27-18)12-26-16-6-4-15(20)5-7-16/h3-9,13H,10-12H2,1-2H3,(H,21,25). The molecule has 8 heteroatoms. The van der Waals surface area contributed by atoms with Crippen LogP contribution < -0.4 is 10.1 Å². The van der Waals surface area contributed by atoms with E-state index in [9.17, 15) is 4.79 Å². The Morgan fingerprint density at radius 1 is 1.37 bits per heavy atom. The SMILES string of the molecule is Cc1nc(COc2ccc(Cl)cc2)sc1C(=O)NCC(C)Cn1cccn1. The summed E-state index contributed by atoms with van der Waals surface area (Å²) in [6, 6.07) is 9.04. The Morgan fingerprint density at radius 2 is 2.15 bits per heavy atom.